The van der Waals surface area contributed by atoms with E-state index in [2.05, 4.69) is 15.0 Å². The van der Waals surface area contributed by atoms with Crippen LogP contribution in [0.5, 0.6) is 0 Å². The number of hydrogen-bond acceptors (Lipinski definition) is 5. The van der Waals surface area contributed by atoms with Gasteiger partial charge in [0.1, 0.15) is 4.90 Å². The maximum Gasteiger partial charge on any atom is 0.358 e. The predicted octanol–water partition coefficient (Wildman–Crippen LogP) is 2.54. The second-order valence-corrected chi connectivity index (χ2v) is 7.99. The molecular weight excluding hydrogens is 392 g/mol. The van der Waals surface area contributed by atoms with E-state index < -0.39 is 16.0 Å². The number of nitrogens with zero attached hydrogens (tertiary/aromatic N) is 3. The molecule has 10 heteroatoms. The lowest BCUT2D eigenvalue weighted by Gasteiger charge is -2.11. The van der Waals surface area contributed by atoms with Crippen molar-refractivity contribution >= 4 is 38.4 Å². The van der Waals surface area contributed by atoms with Gasteiger partial charge in [-0.15, -0.1) is 5.10 Å². The highest BCUT2D eigenvalue weighted by atomic mass is 35.5. The number of aromatic carboxylic acids is 1. The van der Waals surface area contributed by atoms with Gasteiger partial charge in [-0.05, 0) is 24.3 Å². The van der Waals surface area contributed by atoms with E-state index in [1.807, 2.05) is 12.1 Å². The Balaban J connectivity index is 1.61. The molecule has 0 aliphatic rings. The molecule has 0 radical (unpaired) electrons. The van der Waals surface area contributed by atoms with Crippen molar-refractivity contribution in [3.63, 3.8) is 0 Å². The summed E-state index contributed by atoms with van der Waals surface area (Å²) in [6.07, 6.45) is 2.49. The number of aryl methyl sites for hydroxylation is 1. The van der Waals surface area contributed by atoms with E-state index in [1.54, 1.807) is 24.3 Å². The topological polar surface area (TPSA) is 114 Å². The zero-order chi connectivity index (χ0) is 19.4. The van der Waals surface area contributed by atoms with Gasteiger partial charge in [0.05, 0.1) is 11.2 Å². The van der Waals surface area contributed by atoms with Gasteiger partial charge in [-0.1, -0.05) is 47.1 Å². The molecule has 2 N–H and O–H groups in total. The summed E-state index contributed by atoms with van der Waals surface area (Å²) in [6.45, 7) is 0.666. The zero-order valence-corrected chi connectivity index (χ0v) is 15.7. The summed E-state index contributed by atoms with van der Waals surface area (Å²) in [4.78, 5) is 10.8. The number of sulfonamides is 1. The van der Waals surface area contributed by atoms with E-state index in [-0.39, 0.29) is 22.2 Å². The van der Waals surface area contributed by atoms with Crippen molar-refractivity contribution in [3.05, 3.63) is 53.3 Å². The summed E-state index contributed by atoms with van der Waals surface area (Å²) in [5.41, 5.74) is -0.124. The van der Waals surface area contributed by atoms with Gasteiger partial charge >= 0.3 is 5.97 Å². The summed E-state index contributed by atoms with van der Waals surface area (Å²) < 4.78 is 29.4. The SMILES string of the molecule is O=C(O)c1cn(CCCCNS(=O)(=O)c2c(Cl)ccc3ccccc23)nn1. The molecular formula is C17H17ClN4O4S. The molecule has 1 heterocycles. The predicted molar refractivity (Wildman–Crippen MR) is 100 cm³/mol. The fourth-order valence-corrected chi connectivity index (χ4v) is 4.50. The molecule has 0 fully saturated rings. The van der Waals surface area contributed by atoms with E-state index in [4.69, 9.17) is 16.7 Å². The third-order valence-corrected chi connectivity index (χ3v) is 5.95. The minimum atomic E-state index is -3.76. The van der Waals surface area contributed by atoms with Crippen LogP contribution in [-0.4, -0.2) is 41.0 Å². The fraction of sp³-hybridized carbons (Fsp3) is 0.235. The van der Waals surface area contributed by atoms with Gasteiger partial charge < -0.3 is 5.11 Å². The highest BCUT2D eigenvalue weighted by Gasteiger charge is 2.20. The van der Waals surface area contributed by atoms with Crippen LogP contribution in [0.4, 0.5) is 0 Å². The summed E-state index contributed by atoms with van der Waals surface area (Å²) >= 11 is 6.15. The van der Waals surface area contributed by atoms with Gasteiger partial charge in [0.2, 0.25) is 10.0 Å². The highest BCUT2D eigenvalue weighted by Crippen LogP contribution is 2.30. The summed E-state index contributed by atoms with van der Waals surface area (Å²) in [5.74, 6) is -1.14. The lowest BCUT2D eigenvalue weighted by atomic mass is 10.1. The molecule has 0 amide bonds. The van der Waals surface area contributed by atoms with Crippen molar-refractivity contribution in [1.29, 1.82) is 0 Å². The first-order valence-electron chi connectivity index (χ1n) is 8.19. The van der Waals surface area contributed by atoms with E-state index in [9.17, 15) is 13.2 Å². The minimum absolute atomic E-state index is 0.0737. The number of hydrogen-bond donors (Lipinski definition) is 2. The summed E-state index contributed by atoms with van der Waals surface area (Å²) in [6, 6.07) is 10.5. The Morgan fingerprint density at radius 3 is 2.70 bits per heavy atom. The standard InChI is InChI=1S/C17H17ClN4O4S/c18-14-8-7-12-5-1-2-6-13(12)16(14)27(25,26)19-9-3-4-10-22-11-15(17(23)24)20-21-22/h1-2,5-8,11,19H,3-4,9-10H2,(H,23,24). The zero-order valence-electron chi connectivity index (χ0n) is 14.2. The van der Waals surface area contributed by atoms with Gasteiger partial charge in [-0.3, -0.25) is 4.68 Å². The molecule has 0 saturated carbocycles. The first kappa shape index (κ1) is 19.3. The third kappa shape index (κ3) is 4.44. The van der Waals surface area contributed by atoms with Gasteiger partial charge in [0.15, 0.2) is 5.69 Å². The van der Waals surface area contributed by atoms with Crippen LogP contribution >= 0.6 is 11.6 Å². The molecule has 3 rings (SSSR count). The average molecular weight is 409 g/mol. The number of rotatable bonds is 8. The Morgan fingerprint density at radius 2 is 1.96 bits per heavy atom. The summed E-state index contributed by atoms with van der Waals surface area (Å²) in [5, 5.41) is 17.6. The molecule has 0 aliphatic heterocycles. The van der Waals surface area contributed by atoms with E-state index in [0.717, 1.165) is 5.39 Å². The van der Waals surface area contributed by atoms with Crippen molar-refractivity contribution in [2.75, 3.05) is 6.54 Å². The lowest BCUT2D eigenvalue weighted by Crippen LogP contribution is -2.25. The van der Waals surface area contributed by atoms with Crippen molar-refractivity contribution in [3.8, 4) is 0 Å². The second kappa shape index (κ2) is 8.03. The van der Waals surface area contributed by atoms with Crippen LogP contribution in [0.15, 0.2) is 47.5 Å². The maximum atomic E-state index is 12.7. The number of halogens is 1. The largest absolute Gasteiger partial charge is 0.476 e. The number of nitrogens with one attached hydrogen (secondary N) is 1. The molecule has 3 aromatic rings. The normalized spacial score (nSPS) is 11.7. The Hall–Kier alpha value is -2.49. The Morgan fingerprint density at radius 1 is 1.19 bits per heavy atom. The number of carbonyl (C=O) groups is 1. The van der Waals surface area contributed by atoms with Gasteiger partial charge in [0, 0.05) is 18.5 Å². The Bertz CT molecular complexity index is 1080. The number of carboxylic acids is 1. The highest BCUT2D eigenvalue weighted by molar-refractivity contribution is 7.89. The minimum Gasteiger partial charge on any atom is -0.476 e. The molecule has 0 aliphatic carbocycles. The number of unbranched alkanes of at least 4 members (excludes halogenated alkanes) is 1. The molecule has 8 nitrogen and oxygen atoms in total. The lowest BCUT2D eigenvalue weighted by molar-refractivity contribution is 0.0690. The van der Waals surface area contributed by atoms with Gasteiger partial charge in [0.25, 0.3) is 0 Å². The van der Waals surface area contributed by atoms with Crippen LogP contribution in [0.3, 0.4) is 0 Å². The quantitative estimate of drug-likeness (QED) is 0.553. The van der Waals surface area contributed by atoms with E-state index in [1.165, 1.54) is 10.9 Å². The van der Waals surface area contributed by atoms with Crippen molar-refractivity contribution in [2.45, 2.75) is 24.3 Å². The van der Waals surface area contributed by atoms with Crippen molar-refractivity contribution in [2.24, 2.45) is 0 Å². The van der Waals surface area contributed by atoms with Crippen LogP contribution in [0.25, 0.3) is 10.8 Å². The number of carboxylic acid groups (broad SMARTS) is 1. The average Bonchev–Trinajstić information content (AvgIpc) is 3.10. The van der Waals surface area contributed by atoms with E-state index >= 15 is 0 Å². The second-order valence-electron chi connectivity index (χ2n) is 5.87. The Labute approximate surface area is 160 Å². The Kier molecular flexibility index (Phi) is 5.73. The first-order valence-corrected chi connectivity index (χ1v) is 10.0. The van der Waals surface area contributed by atoms with Gasteiger partial charge in [-0.2, -0.15) is 0 Å². The van der Waals surface area contributed by atoms with Crippen LogP contribution in [0.2, 0.25) is 5.02 Å². The van der Waals surface area contributed by atoms with Crippen molar-refractivity contribution < 1.29 is 18.3 Å². The molecule has 27 heavy (non-hydrogen) atoms. The van der Waals surface area contributed by atoms with E-state index in [0.29, 0.717) is 24.8 Å². The number of aromatic nitrogens is 3. The number of fused-ring (bicyclic) bond motifs is 1. The molecule has 2 aromatic carbocycles. The molecule has 0 bridgehead atoms. The molecule has 0 spiro atoms. The van der Waals surface area contributed by atoms with Gasteiger partial charge in [-0.25, -0.2) is 17.9 Å². The first-order chi connectivity index (χ1) is 12.9. The van der Waals surface area contributed by atoms with Crippen LogP contribution < -0.4 is 4.72 Å². The smallest absolute Gasteiger partial charge is 0.358 e. The summed E-state index contributed by atoms with van der Waals surface area (Å²) in [7, 11) is -3.76. The molecule has 0 atom stereocenters. The van der Waals surface area contributed by atoms with Crippen LogP contribution in [0, 0.1) is 0 Å². The van der Waals surface area contributed by atoms with Crippen molar-refractivity contribution in [1.82, 2.24) is 19.7 Å². The third-order valence-electron chi connectivity index (χ3n) is 3.96. The molecule has 0 saturated heterocycles. The maximum absolute atomic E-state index is 12.7. The molecule has 0 unspecified atom stereocenters. The monoisotopic (exact) mass is 408 g/mol. The number of benzene rings is 2. The van der Waals surface area contributed by atoms with Crippen LogP contribution in [0.1, 0.15) is 23.3 Å². The van der Waals surface area contributed by atoms with Crippen LogP contribution in [-0.2, 0) is 16.6 Å². The molecule has 142 valence electrons. The molecule has 1 aromatic heterocycles. The fourth-order valence-electron chi connectivity index (χ4n) is 2.67.